The lowest BCUT2D eigenvalue weighted by Crippen LogP contribution is -2.47. The van der Waals surface area contributed by atoms with Gasteiger partial charge in [-0.2, -0.15) is 0 Å². The van der Waals surface area contributed by atoms with Gasteiger partial charge in [0, 0.05) is 17.2 Å². The monoisotopic (exact) mass is 398 g/mol. The summed E-state index contributed by atoms with van der Waals surface area (Å²) in [5.41, 5.74) is 4.89. The van der Waals surface area contributed by atoms with Crippen LogP contribution in [0.4, 0.5) is 0 Å². The van der Waals surface area contributed by atoms with Crippen LogP contribution in [-0.4, -0.2) is 23.9 Å². The van der Waals surface area contributed by atoms with Crippen LogP contribution in [0.2, 0.25) is 0 Å². The first-order valence-electron chi connectivity index (χ1n) is 10.1. The molecule has 7 rings (SSSR count). The summed E-state index contributed by atoms with van der Waals surface area (Å²) >= 11 is 0. The molecule has 1 saturated heterocycles. The molecule has 2 aromatic carbocycles. The van der Waals surface area contributed by atoms with E-state index in [9.17, 15) is 19.2 Å². The largest absolute Gasteiger partial charge is 0.392 e. The molecular weight excluding hydrogens is 384 g/mol. The molecule has 6 nitrogen and oxygen atoms in total. The maximum Gasteiger partial charge on any atom is 0.346 e. The fourth-order valence-electron chi connectivity index (χ4n) is 6.23. The fraction of sp³-hybridized carbons (Fsp3) is 0.250. The molecule has 2 aliphatic heterocycles. The summed E-state index contributed by atoms with van der Waals surface area (Å²) in [7, 11) is 0. The molecule has 30 heavy (non-hydrogen) atoms. The Morgan fingerprint density at radius 1 is 0.767 bits per heavy atom. The maximum absolute atomic E-state index is 12.5. The van der Waals surface area contributed by atoms with Crippen molar-refractivity contribution in [2.45, 2.75) is 18.8 Å². The first-order chi connectivity index (χ1) is 14.5. The first kappa shape index (κ1) is 16.3. The van der Waals surface area contributed by atoms with Crippen LogP contribution in [0.15, 0.2) is 42.0 Å². The molecule has 0 spiro atoms. The van der Waals surface area contributed by atoms with Crippen LogP contribution < -0.4 is 0 Å². The second-order valence-corrected chi connectivity index (χ2v) is 8.55. The van der Waals surface area contributed by atoms with Crippen LogP contribution in [-0.2, 0) is 19.1 Å². The summed E-state index contributed by atoms with van der Waals surface area (Å²) in [6.45, 7) is 0. The number of carbonyl (C=O) groups excluding carboxylic acids is 4. The van der Waals surface area contributed by atoms with Gasteiger partial charge < -0.3 is 9.47 Å². The van der Waals surface area contributed by atoms with Crippen LogP contribution in [0.1, 0.15) is 50.6 Å². The molecule has 5 aliphatic rings. The van der Waals surface area contributed by atoms with Gasteiger partial charge in [-0.05, 0) is 52.6 Å². The average molecular weight is 398 g/mol. The summed E-state index contributed by atoms with van der Waals surface area (Å²) in [5, 5.41) is 1.56. The number of esters is 4. The molecule has 1 saturated carbocycles. The highest BCUT2D eigenvalue weighted by atomic mass is 16.6. The number of benzene rings is 2. The van der Waals surface area contributed by atoms with Crippen molar-refractivity contribution in [1.29, 1.82) is 0 Å². The summed E-state index contributed by atoms with van der Waals surface area (Å²) in [6.07, 6.45) is 5.18. The lowest BCUT2D eigenvalue weighted by Gasteiger charge is -2.47. The maximum atomic E-state index is 12.5. The molecule has 2 aromatic rings. The van der Waals surface area contributed by atoms with Gasteiger partial charge in [-0.3, -0.25) is 9.59 Å². The molecule has 0 radical (unpaired) electrons. The van der Waals surface area contributed by atoms with Crippen LogP contribution in [0, 0.1) is 17.8 Å². The van der Waals surface area contributed by atoms with Crippen molar-refractivity contribution in [2.75, 3.05) is 0 Å². The van der Waals surface area contributed by atoms with Gasteiger partial charge in [-0.1, -0.05) is 24.3 Å². The van der Waals surface area contributed by atoms with Gasteiger partial charge >= 0.3 is 23.9 Å². The molecule has 3 aliphatic carbocycles. The summed E-state index contributed by atoms with van der Waals surface area (Å²) < 4.78 is 9.93. The Bertz CT molecular complexity index is 1320. The van der Waals surface area contributed by atoms with Gasteiger partial charge in [0.25, 0.3) is 0 Å². The fourth-order valence-corrected chi connectivity index (χ4v) is 6.23. The van der Waals surface area contributed by atoms with Crippen LogP contribution in [0.25, 0.3) is 16.3 Å². The van der Waals surface area contributed by atoms with Gasteiger partial charge in [0.2, 0.25) is 0 Å². The zero-order valence-electron chi connectivity index (χ0n) is 15.6. The molecule has 146 valence electrons. The molecule has 2 fully saturated rings. The second-order valence-electron chi connectivity index (χ2n) is 8.55. The Hall–Kier alpha value is -3.54. The van der Waals surface area contributed by atoms with Gasteiger partial charge in [0.1, 0.15) is 0 Å². The molecule has 2 heterocycles. The third kappa shape index (κ3) is 1.72. The zero-order valence-corrected chi connectivity index (χ0v) is 15.6. The van der Waals surface area contributed by atoms with E-state index in [0.29, 0.717) is 22.9 Å². The standard InChI is InChI=1S/C24H14O6/c25-21-13-5-1-9-10-2-6-15-20-16(24(28)30-23(15)27)8-4-12(18(10)20)11-3-7-14(22(26)29-21)19(13)17(9)11/h1-3,5-7,12,15-16,20H,4,8H2. The van der Waals surface area contributed by atoms with E-state index in [0.717, 1.165) is 34.1 Å². The molecule has 4 unspecified atom stereocenters. The molecular formula is C24H14O6. The Balaban J connectivity index is 1.57. The highest BCUT2D eigenvalue weighted by molar-refractivity contribution is 6.23. The molecule has 6 heteroatoms. The number of hydrogen-bond donors (Lipinski definition) is 0. The summed E-state index contributed by atoms with van der Waals surface area (Å²) in [5.74, 6) is -3.07. The highest BCUT2D eigenvalue weighted by Crippen LogP contribution is 2.58. The van der Waals surface area contributed by atoms with Crippen molar-refractivity contribution in [3.8, 4) is 0 Å². The normalized spacial score (nSPS) is 30.3. The van der Waals surface area contributed by atoms with Crippen molar-refractivity contribution in [2.24, 2.45) is 17.8 Å². The lowest BCUT2D eigenvalue weighted by molar-refractivity contribution is -0.174. The quantitative estimate of drug-likeness (QED) is 0.500. The average Bonchev–Trinajstić information content (AvgIpc) is 2.74. The minimum Gasteiger partial charge on any atom is -0.392 e. The number of carbonyl (C=O) groups is 4. The summed E-state index contributed by atoms with van der Waals surface area (Å²) in [6, 6.07) is 7.26. The second kappa shape index (κ2) is 5.14. The van der Waals surface area contributed by atoms with E-state index in [1.165, 1.54) is 0 Å². The minimum absolute atomic E-state index is 0.0391. The van der Waals surface area contributed by atoms with E-state index in [1.807, 2.05) is 24.3 Å². The SMILES string of the molecule is O=C1OC(=O)c2ccc3c4c(ccc1c24)C1=C2C3CCC3C(=O)OC(=O)C(C=C1)C23. The lowest BCUT2D eigenvalue weighted by atomic mass is 9.57. The Morgan fingerprint density at radius 3 is 2.30 bits per heavy atom. The smallest absolute Gasteiger partial charge is 0.346 e. The summed E-state index contributed by atoms with van der Waals surface area (Å²) in [4.78, 5) is 49.6. The van der Waals surface area contributed by atoms with Crippen molar-refractivity contribution in [3.63, 3.8) is 0 Å². The van der Waals surface area contributed by atoms with E-state index in [2.05, 4.69) is 0 Å². The number of hydrogen-bond acceptors (Lipinski definition) is 6. The van der Waals surface area contributed by atoms with E-state index >= 15 is 0 Å². The number of allylic oxidation sites excluding steroid dienone is 3. The topological polar surface area (TPSA) is 86.7 Å². The number of ether oxygens (including phenoxy) is 2. The van der Waals surface area contributed by atoms with Crippen molar-refractivity contribution < 1.29 is 28.7 Å². The molecule has 0 N–H and O–H groups in total. The molecule has 0 aromatic heterocycles. The Labute approximate surface area is 170 Å². The van der Waals surface area contributed by atoms with Gasteiger partial charge in [0.15, 0.2) is 0 Å². The molecule has 0 bridgehead atoms. The van der Waals surface area contributed by atoms with Crippen molar-refractivity contribution >= 4 is 40.2 Å². The predicted octanol–water partition coefficient (Wildman–Crippen LogP) is 3.30. The first-order valence-corrected chi connectivity index (χ1v) is 10.1. The third-order valence-electron chi connectivity index (χ3n) is 7.36. The number of rotatable bonds is 0. The highest BCUT2D eigenvalue weighted by Gasteiger charge is 2.53. The van der Waals surface area contributed by atoms with E-state index in [4.69, 9.17) is 9.47 Å². The third-order valence-corrected chi connectivity index (χ3v) is 7.36. The van der Waals surface area contributed by atoms with Crippen LogP contribution >= 0.6 is 0 Å². The van der Waals surface area contributed by atoms with Gasteiger partial charge in [0.05, 0.1) is 23.0 Å². The van der Waals surface area contributed by atoms with Gasteiger partial charge in [-0.25, -0.2) is 9.59 Å². The van der Waals surface area contributed by atoms with E-state index in [-0.39, 0.29) is 17.8 Å². The zero-order chi connectivity index (χ0) is 20.3. The number of fused-ring (bicyclic) bond motifs is 2. The van der Waals surface area contributed by atoms with Crippen molar-refractivity contribution in [1.82, 2.24) is 0 Å². The van der Waals surface area contributed by atoms with Crippen molar-refractivity contribution in [3.05, 3.63) is 64.2 Å². The van der Waals surface area contributed by atoms with E-state index in [1.54, 1.807) is 12.1 Å². The predicted molar refractivity (Wildman–Crippen MR) is 103 cm³/mol. The minimum atomic E-state index is -0.625. The molecule has 0 amide bonds. The van der Waals surface area contributed by atoms with Crippen LogP contribution in [0.5, 0.6) is 0 Å². The Morgan fingerprint density at radius 2 is 1.50 bits per heavy atom. The number of cyclic esters (lactones) is 4. The van der Waals surface area contributed by atoms with E-state index < -0.39 is 29.8 Å². The van der Waals surface area contributed by atoms with Gasteiger partial charge in [-0.15, -0.1) is 0 Å². The van der Waals surface area contributed by atoms with Crippen LogP contribution in [0.3, 0.4) is 0 Å². The molecule has 4 atom stereocenters. The Kier molecular flexibility index (Phi) is 2.79.